The Labute approximate surface area is 169 Å². The van der Waals surface area contributed by atoms with Crippen LogP contribution in [0.4, 0.5) is 5.69 Å². The highest BCUT2D eigenvalue weighted by Crippen LogP contribution is 2.38. The molecule has 1 unspecified atom stereocenters. The van der Waals surface area contributed by atoms with E-state index in [-0.39, 0.29) is 5.91 Å². The summed E-state index contributed by atoms with van der Waals surface area (Å²) in [5.74, 6) is 1.01. The second-order valence-electron chi connectivity index (χ2n) is 7.31. The van der Waals surface area contributed by atoms with Gasteiger partial charge in [0.15, 0.2) is 11.9 Å². The van der Waals surface area contributed by atoms with Gasteiger partial charge in [0.25, 0.3) is 5.91 Å². The Hall–Kier alpha value is -1.75. The van der Waals surface area contributed by atoms with E-state index in [9.17, 15) is 4.79 Å². The van der Waals surface area contributed by atoms with Gasteiger partial charge in [-0.1, -0.05) is 35.3 Å². The fourth-order valence-electron chi connectivity index (χ4n) is 3.84. The third-order valence-corrected chi connectivity index (χ3v) is 5.89. The number of halogens is 2. The zero-order valence-corrected chi connectivity index (χ0v) is 16.7. The number of fused-ring (bicyclic) bond motifs is 1. The maximum Gasteiger partial charge on any atom is 0.265 e. The van der Waals surface area contributed by atoms with Crippen LogP contribution in [0.3, 0.4) is 0 Å². The molecule has 1 atom stereocenters. The van der Waals surface area contributed by atoms with Gasteiger partial charge in [0.2, 0.25) is 0 Å². The molecule has 2 heterocycles. The van der Waals surface area contributed by atoms with Crippen molar-refractivity contribution in [3.63, 3.8) is 0 Å². The van der Waals surface area contributed by atoms with E-state index in [2.05, 4.69) is 22.3 Å². The van der Waals surface area contributed by atoms with Gasteiger partial charge < -0.3 is 10.1 Å². The predicted octanol–water partition coefficient (Wildman–Crippen LogP) is 5.09. The lowest BCUT2D eigenvalue weighted by atomic mass is 9.89. The lowest BCUT2D eigenvalue weighted by Crippen LogP contribution is -2.35. The molecule has 1 amide bonds. The molecule has 0 aromatic heterocycles. The summed E-state index contributed by atoms with van der Waals surface area (Å²) < 4.78 is 5.62. The van der Waals surface area contributed by atoms with Gasteiger partial charge in [0.1, 0.15) is 0 Å². The van der Waals surface area contributed by atoms with Crippen molar-refractivity contribution >= 4 is 34.8 Å². The van der Waals surface area contributed by atoms with E-state index in [1.807, 2.05) is 24.3 Å². The molecule has 0 aliphatic carbocycles. The Balaban J connectivity index is 1.41. The molecule has 0 radical (unpaired) electrons. The molecule has 0 saturated carbocycles. The third-order valence-electron chi connectivity index (χ3n) is 5.36. The minimum Gasteiger partial charge on any atom is -0.477 e. The molecule has 1 saturated heterocycles. The van der Waals surface area contributed by atoms with Gasteiger partial charge in [0.05, 0.1) is 10.7 Å². The van der Waals surface area contributed by atoms with Gasteiger partial charge in [-0.2, -0.15) is 0 Å². The first kappa shape index (κ1) is 18.6. The molecular weight excluding hydrogens is 383 g/mol. The van der Waals surface area contributed by atoms with Crippen LogP contribution < -0.4 is 10.1 Å². The second-order valence-corrected chi connectivity index (χ2v) is 8.15. The number of likely N-dealkylation sites (tertiary alicyclic amines) is 1. The molecular formula is C21H22Cl2N2O2. The number of anilines is 1. The highest BCUT2D eigenvalue weighted by atomic mass is 35.5. The van der Waals surface area contributed by atoms with Crippen molar-refractivity contribution < 1.29 is 9.53 Å². The molecule has 2 aliphatic heterocycles. The first-order valence-corrected chi connectivity index (χ1v) is 10.0. The average Bonchev–Trinajstić information content (AvgIpc) is 2.65. The first-order chi connectivity index (χ1) is 13.0. The minimum absolute atomic E-state index is 0.139. The minimum atomic E-state index is -0.521. The van der Waals surface area contributed by atoms with Crippen LogP contribution in [0.25, 0.3) is 0 Å². The average molecular weight is 405 g/mol. The van der Waals surface area contributed by atoms with Crippen LogP contribution in [-0.2, 0) is 11.3 Å². The van der Waals surface area contributed by atoms with Crippen molar-refractivity contribution in [3.8, 4) is 5.75 Å². The van der Waals surface area contributed by atoms with Crippen molar-refractivity contribution in [3.05, 3.63) is 57.6 Å². The van der Waals surface area contributed by atoms with Gasteiger partial charge in [-0.15, -0.1) is 0 Å². The van der Waals surface area contributed by atoms with Crippen molar-refractivity contribution in [1.29, 1.82) is 0 Å². The van der Waals surface area contributed by atoms with E-state index in [0.717, 1.165) is 43.1 Å². The Morgan fingerprint density at radius 2 is 1.85 bits per heavy atom. The van der Waals surface area contributed by atoms with Crippen LogP contribution in [0, 0.1) is 0 Å². The van der Waals surface area contributed by atoms with Crippen molar-refractivity contribution in [1.82, 2.24) is 4.90 Å². The van der Waals surface area contributed by atoms with Crippen LogP contribution >= 0.6 is 23.2 Å². The fourth-order valence-corrected chi connectivity index (χ4v) is 4.25. The van der Waals surface area contributed by atoms with E-state index in [1.54, 1.807) is 6.92 Å². The Morgan fingerprint density at radius 3 is 2.56 bits per heavy atom. The number of nitrogens with one attached hydrogen (secondary N) is 1. The zero-order chi connectivity index (χ0) is 19.0. The summed E-state index contributed by atoms with van der Waals surface area (Å²) in [5, 5.41) is 4.21. The van der Waals surface area contributed by atoms with E-state index < -0.39 is 6.10 Å². The van der Waals surface area contributed by atoms with Gasteiger partial charge in [-0.3, -0.25) is 9.69 Å². The number of piperidine rings is 1. The van der Waals surface area contributed by atoms with Crippen molar-refractivity contribution in [2.24, 2.45) is 0 Å². The van der Waals surface area contributed by atoms with Crippen molar-refractivity contribution in [2.75, 3.05) is 18.4 Å². The van der Waals surface area contributed by atoms with Crippen molar-refractivity contribution in [2.45, 2.75) is 38.3 Å². The van der Waals surface area contributed by atoms with Crippen LogP contribution in [0.15, 0.2) is 36.4 Å². The number of rotatable bonds is 3. The highest BCUT2D eigenvalue weighted by molar-refractivity contribution is 6.33. The van der Waals surface area contributed by atoms with Crippen LogP contribution in [0.5, 0.6) is 5.75 Å². The predicted molar refractivity (Wildman–Crippen MR) is 109 cm³/mol. The number of amides is 1. The summed E-state index contributed by atoms with van der Waals surface area (Å²) in [5.41, 5.74) is 3.11. The summed E-state index contributed by atoms with van der Waals surface area (Å²) >= 11 is 12.4. The summed E-state index contributed by atoms with van der Waals surface area (Å²) in [6, 6.07) is 12.1. The quantitative estimate of drug-likeness (QED) is 0.773. The van der Waals surface area contributed by atoms with Gasteiger partial charge in [0, 0.05) is 11.6 Å². The van der Waals surface area contributed by atoms with E-state index in [0.29, 0.717) is 22.4 Å². The number of carbonyl (C=O) groups excluding carboxylic acids is 1. The van der Waals surface area contributed by atoms with Gasteiger partial charge in [-0.25, -0.2) is 0 Å². The number of ether oxygens (including phenoxy) is 1. The lowest BCUT2D eigenvalue weighted by Gasteiger charge is -2.32. The SMILES string of the molecule is CC1Oc2c(Cl)cc(CN3CCC(c4ccc(Cl)cc4)CC3)cc2NC1=O. The van der Waals surface area contributed by atoms with Crippen LogP contribution in [0.1, 0.15) is 36.8 Å². The molecule has 6 heteroatoms. The summed E-state index contributed by atoms with van der Waals surface area (Å²) in [4.78, 5) is 14.3. The molecule has 2 aromatic carbocycles. The molecule has 0 bridgehead atoms. The Kier molecular flexibility index (Phi) is 5.31. The topological polar surface area (TPSA) is 41.6 Å². The van der Waals surface area contributed by atoms with Crippen LogP contribution in [0.2, 0.25) is 10.0 Å². The standard InChI is InChI=1S/C21H22Cl2N2O2/c1-13-21(26)24-19-11-14(10-18(23)20(19)27-13)12-25-8-6-16(7-9-25)15-2-4-17(22)5-3-15/h2-5,10-11,13,16H,6-9,12H2,1H3,(H,24,26). The monoisotopic (exact) mass is 404 g/mol. The first-order valence-electron chi connectivity index (χ1n) is 9.27. The van der Waals surface area contributed by atoms with E-state index in [1.165, 1.54) is 5.56 Å². The molecule has 1 fully saturated rings. The normalized spacial score (nSPS) is 20.7. The Morgan fingerprint density at radius 1 is 1.15 bits per heavy atom. The molecule has 2 aliphatic rings. The van der Waals surface area contributed by atoms with Gasteiger partial charge >= 0.3 is 0 Å². The molecule has 142 valence electrons. The summed E-state index contributed by atoms with van der Waals surface area (Å²) in [7, 11) is 0. The number of hydrogen-bond donors (Lipinski definition) is 1. The second kappa shape index (κ2) is 7.70. The Bertz CT molecular complexity index is 846. The fraction of sp³-hybridized carbons (Fsp3) is 0.381. The van der Waals surface area contributed by atoms with Crippen LogP contribution in [-0.4, -0.2) is 30.0 Å². The molecule has 4 nitrogen and oxygen atoms in total. The maximum atomic E-state index is 11.9. The lowest BCUT2D eigenvalue weighted by molar-refractivity contribution is -0.122. The number of carbonyl (C=O) groups is 1. The molecule has 2 aromatic rings. The van der Waals surface area contributed by atoms with Gasteiger partial charge in [-0.05, 0) is 74.2 Å². The number of benzene rings is 2. The molecule has 0 spiro atoms. The van der Waals surface area contributed by atoms with E-state index >= 15 is 0 Å². The summed E-state index contributed by atoms with van der Waals surface area (Å²) in [6.45, 7) is 4.59. The number of nitrogens with zero attached hydrogens (tertiary/aromatic N) is 1. The molecule has 4 rings (SSSR count). The maximum absolute atomic E-state index is 11.9. The van der Waals surface area contributed by atoms with E-state index in [4.69, 9.17) is 27.9 Å². The third kappa shape index (κ3) is 4.08. The summed E-state index contributed by atoms with van der Waals surface area (Å²) in [6.07, 6.45) is 1.72. The largest absolute Gasteiger partial charge is 0.477 e. The number of hydrogen-bond acceptors (Lipinski definition) is 3. The zero-order valence-electron chi connectivity index (χ0n) is 15.2. The molecule has 1 N–H and O–H groups in total. The molecule has 27 heavy (non-hydrogen) atoms. The smallest absolute Gasteiger partial charge is 0.265 e. The highest BCUT2D eigenvalue weighted by Gasteiger charge is 2.27.